The van der Waals surface area contributed by atoms with Crippen LogP contribution in [0, 0.1) is 6.92 Å². The normalized spacial score (nSPS) is 11.3. The Bertz CT molecular complexity index is 573. The Hall–Kier alpha value is -2.28. The van der Waals surface area contributed by atoms with E-state index >= 15 is 0 Å². The molecule has 0 amide bonds. The first-order chi connectivity index (χ1) is 9.15. The number of nitrogens with zero attached hydrogens (tertiary/aromatic N) is 4. The lowest BCUT2D eigenvalue weighted by Crippen LogP contribution is -2.27. The van der Waals surface area contributed by atoms with Crippen LogP contribution >= 0.6 is 12.2 Å². The van der Waals surface area contributed by atoms with E-state index in [0.29, 0.717) is 6.54 Å². The first kappa shape index (κ1) is 13.2. The van der Waals surface area contributed by atoms with Crippen LogP contribution in [-0.4, -0.2) is 25.6 Å². The van der Waals surface area contributed by atoms with Gasteiger partial charge in [-0.3, -0.25) is 5.43 Å². The molecule has 98 valence electrons. The Labute approximate surface area is 116 Å². The molecule has 0 atom stereocenters. The van der Waals surface area contributed by atoms with Crippen LogP contribution < -0.4 is 11.2 Å². The summed E-state index contributed by atoms with van der Waals surface area (Å²) in [6.45, 7) is 2.52. The van der Waals surface area contributed by atoms with Gasteiger partial charge in [0, 0.05) is 0 Å². The Balaban J connectivity index is 2.25. The fourth-order valence-electron chi connectivity index (χ4n) is 1.53. The predicted octanol–water partition coefficient (Wildman–Crippen LogP) is 0.824. The third-order valence-electron chi connectivity index (χ3n) is 2.46. The number of aromatic nitrogens is 3. The summed E-state index contributed by atoms with van der Waals surface area (Å²) in [5, 5.41) is 8.40. The molecule has 1 heterocycles. The molecule has 19 heavy (non-hydrogen) atoms. The highest BCUT2D eigenvalue weighted by Gasteiger charge is 2.06. The monoisotopic (exact) mass is 274 g/mol. The molecule has 0 aliphatic heterocycles. The number of aryl methyl sites for hydroxylation is 1. The molecule has 0 aliphatic rings. The highest BCUT2D eigenvalue weighted by molar-refractivity contribution is 7.80. The molecule has 1 aromatic heterocycles. The minimum atomic E-state index is 0.128. The van der Waals surface area contributed by atoms with Gasteiger partial charge >= 0.3 is 0 Å². The van der Waals surface area contributed by atoms with Crippen molar-refractivity contribution in [2.24, 2.45) is 10.8 Å². The molecule has 0 fully saturated rings. The van der Waals surface area contributed by atoms with E-state index in [1.165, 1.54) is 11.9 Å². The predicted molar refractivity (Wildman–Crippen MR) is 77.7 cm³/mol. The van der Waals surface area contributed by atoms with Gasteiger partial charge in [0.25, 0.3) is 0 Å². The van der Waals surface area contributed by atoms with Gasteiger partial charge in [0.2, 0.25) is 0 Å². The topological polar surface area (TPSA) is 81.1 Å². The van der Waals surface area contributed by atoms with E-state index in [0.717, 1.165) is 11.3 Å². The molecule has 7 heteroatoms. The van der Waals surface area contributed by atoms with Gasteiger partial charge in [-0.1, -0.05) is 29.8 Å². The zero-order chi connectivity index (χ0) is 13.7. The summed E-state index contributed by atoms with van der Waals surface area (Å²) in [4.78, 5) is 3.90. The highest BCUT2D eigenvalue weighted by Crippen LogP contribution is 2.06. The Morgan fingerprint density at radius 1 is 1.42 bits per heavy atom. The minimum Gasteiger partial charge on any atom is -0.375 e. The zero-order valence-corrected chi connectivity index (χ0v) is 11.3. The second-order valence-electron chi connectivity index (χ2n) is 3.99. The van der Waals surface area contributed by atoms with Crippen molar-refractivity contribution < 1.29 is 0 Å². The lowest BCUT2D eigenvalue weighted by molar-refractivity contribution is 0.718. The fourth-order valence-corrected chi connectivity index (χ4v) is 1.57. The average molecular weight is 274 g/mol. The van der Waals surface area contributed by atoms with Crippen molar-refractivity contribution in [2.45, 2.75) is 13.5 Å². The quantitative estimate of drug-likeness (QED) is 0.490. The lowest BCUT2D eigenvalue weighted by atomic mass is 10.1. The standard InChI is InChI=1S/C12H14N6S/c1-9-2-4-10(5-3-9)11(16-17-12(13)19)6-18-8-14-7-15-18/h2-5,7-8H,6H2,1H3,(H3,13,17,19)/b16-11-. The third-order valence-corrected chi connectivity index (χ3v) is 2.56. The number of hydrogen-bond donors (Lipinski definition) is 2. The van der Waals surface area contributed by atoms with Gasteiger partial charge in [0.05, 0.1) is 12.3 Å². The molecule has 0 unspecified atom stereocenters. The molecule has 6 nitrogen and oxygen atoms in total. The summed E-state index contributed by atoms with van der Waals surface area (Å²) in [5.41, 5.74) is 10.9. The molecule has 0 aliphatic carbocycles. The lowest BCUT2D eigenvalue weighted by Gasteiger charge is -2.07. The van der Waals surface area contributed by atoms with Crippen LogP contribution in [0.2, 0.25) is 0 Å². The van der Waals surface area contributed by atoms with Crippen LogP contribution in [0.25, 0.3) is 0 Å². The van der Waals surface area contributed by atoms with E-state index in [4.69, 9.17) is 18.0 Å². The van der Waals surface area contributed by atoms with Crippen LogP contribution in [0.3, 0.4) is 0 Å². The van der Waals surface area contributed by atoms with E-state index in [1.807, 2.05) is 31.2 Å². The second kappa shape index (κ2) is 6.05. The molecule has 0 bridgehead atoms. The Morgan fingerprint density at radius 2 is 2.16 bits per heavy atom. The molecule has 0 saturated carbocycles. The van der Waals surface area contributed by atoms with Crippen molar-refractivity contribution in [3.63, 3.8) is 0 Å². The number of thiocarbonyl (C=S) groups is 1. The molecule has 0 radical (unpaired) electrons. The van der Waals surface area contributed by atoms with Gasteiger partial charge in [-0.25, -0.2) is 9.67 Å². The van der Waals surface area contributed by atoms with Crippen LogP contribution in [-0.2, 0) is 6.54 Å². The summed E-state index contributed by atoms with van der Waals surface area (Å²) in [5.74, 6) is 0. The zero-order valence-electron chi connectivity index (χ0n) is 10.4. The SMILES string of the molecule is Cc1ccc(/C(Cn2cncn2)=N\NC(N)=S)cc1. The van der Waals surface area contributed by atoms with Crippen molar-refractivity contribution in [1.29, 1.82) is 0 Å². The van der Waals surface area contributed by atoms with Crippen LogP contribution in [0.5, 0.6) is 0 Å². The summed E-state index contributed by atoms with van der Waals surface area (Å²) < 4.78 is 1.68. The summed E-state index contributed by atoms with van der Waals surface area (Å²) in [6.07, 6.45) is 3.11. The van der Waals surface area contributed by atoms with Crippen LogP contribution in [0.1, 0.15) is 11.1 Å². The summed E-state index contributed by atoms with van der Waals surface area (Å²) in [6, 6.07) is 8.03. The first-order valence-electron chi connectivity index (χ1n) is 5.66. The van der Waals surface area contributed by atoms with Crippen molar-refractivity contribution >= 4 is 23.0 Å². The van der Waals surface area contributed by atoms with Gasteiger partial charge < -0.3 is 5.73 Å². The fraction of sp³-hybridized carbons (Fsp3) is 0.167. The van der Waals surface area contributed by atoms with E-state index < -0.39 is 0 Å². The number of nitrogens with one attached hydrogen (secondary N) is 1. The smallest absolute Gasteiger partial charge is 0.184 e. The number of nitrogens with two attached hydrogens (primary N) is 1. The van der Waals surface area contributed by atoms with Gasteiger partial charge in [0.1, 0.15) is 12.7 Å². The largest absolute Gasteiger partial charge is 0.375 e. The van der Waals surface area contributed by atoms with Crippen molar-refractivity contribution in [2.75, 3.05) is 0 Å². The molecular weight excluding hydrogens is 260 g/mol. The third kappa shape index (κ3) is 3.85. The molecule has 2 rings (SSSR count). The Morgan fingerprint density at radius 3 is 2.74 bits per heavy atom. The maximum Gasteiger partial charge on any atom is 0.184 e. The molecular formula is C12H14N6S. The maximum absolute atomic E-state index is 5.39. The van der Waals surface area contributed by atoms with E-state index in [2.05, 4.69) is 20.6 Å². The molecule has 2 aromatic rings. The van der Waals surface area contributed by atoms with Gasteiger partial charge in [-0.15, -0.1) is 0 Å². The number of hydrogen-bond acceptors (Lipinski definition) is 4. The van der Waals surface area contributed by atoms with Crippen LogP contribution in [0.15, 0.2) is 42.0 Å². The number of rotatable bonds is 4. The van der Waals surface area contributed by atoms with Gasteiger partial charge in [0.15, 0.2) is 5.11 Å². The summed E-state index contributed by atoms with van der Waals surface area (Å²) in [7, 11) is 0. The van der Waals surface area contributed by atoms with E-state index in [9.17, 15) is 0 Å². The van der Waals surface area contributed by atoms with Gasteiger partial charge in [-0.05, 0) is 24.7 Å². The molecule has 0 spiro atoms. The first-order valence-corrected chi connectivity index (χ1v) is 6.07. The molecule has 3 N–H and O–H groups in total. The number of hydrazone groups is 1. The summed E-state index contributed by atoms with van der Waals surface area (Å²) >= 11 is 4.76. The molecule has 1 aromatic carbocycles. The van der Waals surface area contributed by atoms with Crippen molar-refractivity contribution in [3.8, 4) is 0 Å². The minimum absolute atomic E-state index is 0.128. The number of benzene rings is 1. The second-order valence-corrected chi connectivity index (χ2v) is 4.43. The molecule has 0 saturated heterocycles. The van der Waals surface area contributed by atoms with Crippen molar-refractivity contribution in [1.82, 2.24) is 20.2 Å². The Kier molecular flexibility index (Phi) is 4.19. The van der Waals surface area contributed by atoms with Crippen LogP contribution in [0.4, 0.5) is 0 Å². The highest BCUT2D eigenvalue weighted by atomic mass is 32.1. The van der Waals surface area contributed by atoms with E-state index in [1.54, 1.807) is 11.0 Å². The maximum atomic E-state index is 5.39. The average Bonchev–Trinajstić information content (AvgIpc) is 2.88. The van der Waals surface area contributed by atoms with E-state index in [-0.39, 0.29) is 5.11 Å². The van der Waals surface area contributed by atoms with Crippen molar-refractivity contribution in [3.05, 3.63) is 48.0 Å². The van der Waals surface area contributed by atoms with Gasteiger partial charge in [-0.2, -0.15) is 10.2 Å².